The van der Waals surface area contributed by atoms with E-state index in [4.69, 9.17) is 4.98 Å². The number of rotatable bonds is 5. The molecule has 0 atom stereocenters. The minimum absolute atomic E-state index is 0.758. The highest BCUT2D eigenvalue weighted by Gasteiger charge is 2.18. The van der Waals surface area contributed by atoms with Gasteiger partial charge in [0.1, 0.15) is 0 Å². The van der Waals surface area contributed by atoms with Gasteiger partial charge in [-0.05, 0) is 39.1 Å². The van der Waals surface area contributed by atoms with Crippen molar-refractivity contribution in [1.29, 1.82) is 0 Å². The lowest BCUT2D eigenvalue weighted by Crippen LogP contribution is -2.33. The summed E-state index contributed by atoms with van der Waals surface area (Å²) in [5, 5.41) is 3.15. The lowest BCUT2D eigenvalue weighted by Gasteiger charge is -2.30. The third-order valence-corrected chi connectivity index (χ3v) is 3.83. The number of nitrogens with zero attached hydrogens (tertiary/aromatic N) is 2. The van der Waals surface area contributed by atoms with Gasteiger partial charge >= 0.3 is 0 Å². The van der Waals surface area contributed by atoms with E-state index in [9.17, 15) is 0 Å². The minimum atomic E-state index is 0.758. The quantitative estimate of drug-likeness (QED) is 0.867. The van der Waals surface area contributed by atoms with Gasteiger partial charge < -0.3 is 5.32 Å². The van der Waals surface area contributed by atoms with E-state index in [-0.39, 0.29) is 0 Å². The summed E-state index contributed by atoms with van der Waals surface area (Å²) in [4.78, 5) is 7.17. The Morgan fingerprint density at radius 3 is 2.67 bits per heavy atom. The van der Waals surface area contributed by atoms with Crippen LogP contribution < -0.4 is 5.32 Å². The molecule has 1 N–H and O–H groups in total. The standard InChI is InChI=1S/C15H25N3/c1-16-11-13-7-6-8-14(17-13)12-18(2)15-9-4-3-5-10-15/h6-8,15-16H,3-5,9-12H2,1-2H3. The molecule has 2 rings (SSSR count). The van der Waals surface area contributed by atoms with E-state index in [1.165, 1.54) is 37.8 Å². The van der Waals surface area contributed by atoms with Crippen LogP contribution in [0.15, 0.2) is 18.2 Å². The zero-order valence-electron chi connectivity index (χ0n) is 11.7. The van der Waals surface area contributed by atoms with Crippen molar-refractivity contribution in [2.24, 2.45) is 0 Å². The molecule has 0 saturated heterocycles. The van der Waals surface area contributed by atoms with E-state index in [0.717, 1.165) is 24.8 Å². The van der Waals surface area contributed by atoms with Gasteiger partial charge in [-0.3, -0.25) is 9.88 Å². The lowest BCUT2D eigenvalue weighted by molar-refractivity contribution is 0.182. The van der Waals surface area contributed by atoms with E-state index in [1.54, 1.807) is 0 Å². The van der Waals surface area contributed by atoms with Gasteiger partial charge in [0, 0.05) is 19.1 Å². The zero-order chi connectivity index (χ0) is 12.8. The Labute approximate surface area is 111 Å². The van der Waals surface area contributed by atoms with Crippen molar-refractivity contribution in [2.45, 2.75) is 51.2 Å². The normalized spacial score (nSPS) is 17.3. The fraction of sp³-hybridized carbons (Fsp3) is 0.667. The van der Waals surface area contributed by atoms with Crippen molar-refractivity contribution in [3.05, 3.63) is 29.6 Å². The fourth-order valence-corrected chi connectivity index (χ4v) is 2.80. The van der Waals surface area contributed by atoms with Crippen LogP contribution in [0.5, 0.6) is 0 Å². The molecule has 100 valence electrons. The van der Waals surface area contributed by atoms with Gasteiger partial charge in [-0.2, -0.15) is 0 Å². The second-order valence-electron chi connectivity index (χ2n) is 5.36. The molecule has 0 amide bonds. The van der Waals surface area contributed by atoms with E-state index < -0.39 is 0 Å². The Kier molecular flexibility index (Phi) is 5.14. The van der Waals surface area contributed by atoms with Crippen LogP contribution in [0.1, 0.15) is 43.5 Å². The molecule has 0 bridgehead atoms. The van der Waals surface area contributed by atoms with Gasteiger partial charge in [0.2, 0.25) is 0 Å². The van der Waals surface area contributed by atoms with Gasteiger partial charge in [0.05, 0.1) is 11.4 Å². The van der Waals surface area contributed by atoms with Gasteiger partial charge in [0.25, 0.3) is 0 Å². The highest BCUT2D eigenvalue weighted by Crippen LogP contribution is 2.22. The van der Waals surface area contributed by atoms with Crippen LogP contribution in [0.25, 0.3) is 0 Å². The molecule has 1 aliphatic carbocycles. The summed E-state index contributed by atoms with van der Waals surface area (Å²) in [6.07, 6.45) is 6.91. The molecule has 1 aliphatic rings. The second-order valence-corrected chi connectivity index (χ2v) is 5.36. The molecule has 3 heteroatoms. The van der Waals surface area contributed by atoms with Crippen LogP contribution in [0.4, 0.5) is 0 Å². The Bertz CT molecular complexity index is 359. The van der Waals surface area contributed by atoms with Crippen molar-refractivity contribution in [3.63, 3.8) is 0 Å². The fourth-order valence-electron chi connectivity index (χ4n) is 2.80. The maximum atomic E-state index is 4.69. The first-order chi connectivity index (χ1) is 8.79. The minimum Gasteiger partial charge on any atom is -0.314 e. The number of pyridine rings is 1. The third-order valence-electron chi connectivity index (χ3n) is 3.83. The molecule has 18 heavy (non-hydrogen) atoms. The average molecular weight is 247 g/mol. The maximum absolute atomic E-state index is 4.69. The Morgan fingerprint density at radius 2 is 1.94 bits per heavy atom. The van der Waals surface area contributed by atoms with Gasteiger partial charge in [-0.25, -0.2) is 0 Å². The summed E-state index contributed by atoms with van der Waals surface area (Å²) in [6, 6.07) is 7.09. The molecule has 0 aliphatic heterocycles. The van der Waals surface area contributed by atoms with Crippen LogP contribution in [0.2, 0.25) is 0 Å². The van der Waals surface area contributed by atoms with Crippen LogP contribution in [0, 0.1) is 0 Å². The molecule has 1 saturated carbocycles. The van der Waals surface area contributed by atoms with E-state index in [2.05, 4.69) is 35.5 Å². The first-order valence-corrected chi connectivity index (χ1v) is 7.09. The third kappa shape index (κ3) is 3.79. The van der Waals surface area contributed by atoms with Crippen LogP contribution in [-0.2, 0) is 13.1 Å². The van der Waals surface area contributed by atoms with Crippen LogP contribution in [-0.4, -0.2) is 30.0 Å². The van der Waals surface area contributed by atoms with E-state index >= 15 is 0 Å². The molecule has 1 fully saturated rings. The van der Waals surface area contributed by atoms with Crippen molar-refractivity contribution in [1.82, 2.24) is 15.2 Å². The molecule has 0 aromatic carbocycles. The zero-order valence-corrected chi connectivity index (χ0v) is 11.7. The highest BCUT2D eigenvalue weighted by atomic mass is 15.1. The monoisotopic (exact) mass is 247 g/mol. The van der Waals surface area contributed by atoms with Crippen LogP contribution in [0.3, 0.4) is 0 Å². The van der Waals surface area contributed by atoms with Crippen molar-refractivity contribution in [2.75, 3.05) is 14.1 Å². The lowest BCUT2D eigenvalue weighted by atomic mass is 9.94. The summed E-state index contributed by atoms with van der Waals surface area (Å²) < 4.78 is 0. The van der Waals surface area contributed by atoms with Gasteiger partial charge in [0.15, 0.2) is 0 Å². The smallest absolute Gasteiger partial charge is 0.0547 e. The Morgan fingerprint density at radius 1 is 1.22 bits per heavy atom. The Hall–Kier alpha value is -0.930. The van der Waals surface area contributed by atoms with Crippen molar-refractivity contribution < 1.29 is 0 Å². The van der Waals surface area contributed by atoms with Gasteiger partial charge in [-0.1, -0.05) is 25.3 Å². The molecule has 0 unspecified atom stereocenters. The van der Waals surface area contributed by atoms with Gasteiger partial charge in [-0.15, -0.1) is 0 Å². The van der Waals surface area contributed by atoms with E-state index in [1.807, 2.05) is 7.05 Å². The predicted molar refractivity (Wildman–Crippen MR) is 75.3 cm³/mol. The number of hydrogen-bond acceptors (Lipinski definition) is 3. The molecule has 1 aromatic rings. The summed E-state index contributed by atoms with van der Waals surface area (Å²) >= 11 is 0. The molecule has 3 nitrogen and oxygen atoms in total. The first kappa shape index (κ1) is 13.5. The molecule has 1 aromatic heterocycles. The summed E-state index contributed by atoms with van der Waals surface area (Å²) in [6.45, 7) is 1.82. The van der Waals surface area contributed by atoms with Crippen molar-refractivity contribution >= 4 is 0 Å². The summed E-state index contributed by atoms with van der Waals surface area (Å²) in [7, 11) is 4.20. The average Bonchev–Trinajstić information content (AvgIpc) is 2.40. The maximum Gasteiger partial charge on any atom is 0.0547 e. The number of nitrogens with one attached hydrogen (secondary N) is 1. The highest BCUT2D eigenvalue weighted by molar-refractivity contribution is 5.11. The van der Waals surface area contributed by atoms with Crippen molar-refractivity contribution in [3.8, 4) is 0 Å². The topological polar surface area (TPSA) is 28.2 Å². The largest absolute Gasteiger partial charge is 0.314 e. The summed E-state index contributed by atoms with van der Waals surface area (Å²) in [5.41, 5.74) is 2.32. The number of aromatic nitrogens is 1. The molecule has 1 heterocycles. The first-order valence-electron chi connectivity index (χ1n) is 7.09. The molecule has 0 spiro atoms. The molecular weight excluding hydrogens is 222 g/mol. The SMILES string of the molecule is CNCc1cccc(CN(C)C2CCCCC2)n1. The summed E-state index contributed by atoms with van der Waals surface area (Å²) in [5.74, 6) is 0. The molecule has 0 radical (unpaired) electrons. The predicted octanol–water partition coefficient (Wildman–Crippen LogP) is 2.57. The van der Waals surface area contributed by atoms with E-state index in [0.29, 0.717) is 0 Å². The molecular formula is C15H25N3. The van der Waals surface area contributed by atoms with Crippen LogP contribution >= 0.6 is 0 Å². The Balaban J connectivity index is 1.93. The second kappa shape index (κ2) is 6.86. The number of hydrogen-bond donors (Lipinski definition) is 1.